The van der Waals surface area contributed by atoms with Crippen LogP contribution in [0.4, 0.5) is 0 Å². The summed E-state index contributed by atoms with van der Waals surface area (Å²) < 4.78 is 0. The number of hydrogen-bond acceptors (Lipinski definition) is 0. The van der Waals surface area contributed by atoms with E-state index >= 15 is 0 Å². The van der Waals surface area contributed by atoms with E-state index in [1.165, 1.54) is 34.7 Å². The van der Waals surface area contributed by atoms with Gasteiger partial charge in [0.15, 0.2) is 0 Å². The summed E-state index contributed by atoms with van der Waals surface area (Å²) in [4.78, 5) is 0. The van der Waals surface area contributed by atoms with Crippen molar-refractivity contribution in [3.8, 4) is 0 Å². The van der Waals surface area contributed by atoms with Crippen LogP contribution in [-0.2, 0) is 0 Å². The molecule has 0 N–H and O–H groups in total. The first-order chi connectivity index (χ1) is 9.86. The van der Waals surface area contributed by atoms with Gasteiger partial charge in [0.25, 0.3) is 0 Å². The highest BCUT2D eigenvalue weighted by molar-refractivity contribution is 5.96. The lowest BCUT2D eigenvalue weighted by Crippen LogP contribution is -1.82. The molecule has 0 aromatic heterocycles. The molecule has 0 fully saturated rings. The smallest absolute Gasteiger partial charge is 0.0106 e. The average Bonchev–Trinajstić information content (AvgIpc) is 2.48. The zero-order chi connectivity index (χ0) is 14.2. The van der Waals surface area contributed by atoms with Gasteiger partial charge in [-0.05, 0) is 34.7 Å². The van der Waals surface area contributed by atoms with Crippen LogP contribution in [0.3, 0.4) is 0 Å². The number of unbranched alkanes of at least 4 members (excludes halogenated alkanes) is 2. The van der Waals surface area contributed by atoms with Crippen LogP contribution in [0, 0.1) is 0 Å². The van der Waals surface area contributed by atoms with Crippen molar-refractivity contribution in [2.45, 2.75) is 39.5 Å². The number of rotatable bonds is 6. The minimum Gasteiger partial charge on any atom is -0.0839 e. The van der Waals surface area contributed by atoms with Crippen molar-refractivity contribution in [3.05, 3.63) is 59.7 Å². The molecule has 2 aromatic rings. The van der Waals surface area contributed by atoms with Crippen LogP contribution >= 0.6 is 0 Å². The summed E-state index contributed by atoms with van der Waals surface area (Å²) in [5.74, 6) is 0. The Balaban J connectivity index is 2.40. The van der Waals surface area contributed by atoms with Crippen LogP contribution in [-0.4, -0.2) is 0 Å². The van der Waals surface area contributed by atoms with E-state index in [2.05, 4.69) is 74.5 Å². The summed E-state index contributed by atoms with van der Waals surface area (Å²) in [5, 5.41) is 2.69. The van der Waals surface area contributed by atoms with Crippen molar-refractivity contribution in [2.24, 2.45) is 0 Å². The van der Waals surface area contributed by atoms with Gasteiger partial charge in [-0.15, -0.1) is 0 Å². The van der Waals surface area contributed by atoms with Gasteiger partial charge in [0.05, 0.1) is 0 Å². The fourth-order valence-electron chi connectivity index (χ4n) is 2.40. The van der Waals surface area contributed by atoms with Crippen LogP contribution in [0.5, 0.6) is 0 Å². The quantitative estimate of drug-likeness (QED) is 0.561. The summed E-state index contributed by atoms with van der Waals surface area (Å²) in [6.45, 7) is 4.42. The second-order valence-corrected chi connectivity index (χ2v) is 5.17. The summed E-state index contributed by atoms with van der Waals surface area (Å²) in [6.07, 6.45) is 13.7. The molecule has 0 saturated carbocycles. The summed E-state index contributed by atoms with van der Waals surface area (Å²) >= 11 is 0. The standard InChI is InChI=1S/C20H24/c1-3-5-7-11-17-13-9-16-20-18(12-8-6-4-2)14-10-15-19(17)20/h7-16H,3-6H2,1-2H3. The van der Waals surface area contributed by atoms with E-state index in [1.807, 2.05) is 0 Å². The van der Waals surface area contributed by atoms with Crippen LogP contribution < -0.4 is 0 Å². The number of allylic oxidation sites excluding steroid dienone is 2. The van der Waals surface area contributed by atoms with E-state index in [0.717, 1.165) is 12.8 Å². The molecule has 0 saturated heterocycles. The molecule has 0 atom stereocenters. The molecule has 2 rings (SSSR count). The molecule has 0 aliphatic rings. The van der Waals surface area contributed by atoms with Crippen molar-refractivity contribution >= 4 is 22.9 Å². The van der Waals surface area contributed by atoms with Gasteiger partial charge in [-0.3, -0.25) is 0 Å². The number of hydrogen-bond donors (Lipinski definition) is 0. The Kier molecular flexibility index (Phi) is 5.61. The maximum atomic E-state index is 2.27. The van der Waals surface area contributed by atoms with Crippen molar-refractivity contribution in [2.75, 3.05) is 0 Å². The van der Waals surface area contributed by atoms with Crippen LogP contribution in [0.1, 0.15) is 50.7 Å². The molecule has 20 heavy (non-hydrogen) atoms. The third-order valence-corrected chi connectivity index (χ3v) is 3.50. The minimum absolute atomic E-state index is 1.15. The van der Waals surface area contributed by atoms with E-state index in [4.69, 9.17) is 0 Å². The second-order valence-electron chi connectivity index (χ2n) is 5.17. The lowest BCUT2D eigenvalue weighted by atomic mass is 9.99. The lowest BCUT2D eigenvalue weighted by Gasteiger charge is -2.06. The molecule has 0 heterocycles. The Morgan fingerprint density at radius 1 is 0.700 bits per heavy atom. The lowest BCUT2D eigenvalue weighted by molar-refractivity contribution is 0.962. The van der Waals surface area contributed by atoms with Gasteiger partial charge >= 0.3 is 0 Å². The zero-order valence-electron chi connectivity index (χ0n) is 12.6. The zero-order valence-corrected chi connectivity index (χ0v) is 12.6. The van der Waals surface area contributed by atoms with E-state index in [-0.39, 0.29) is 0 Å². The molecule has 0 nitrogen and oxygen atoms in total. The monoisotopic (exact) mass is 264 g/mol. The molecule has 2 aromatic carbocycles. The van der Waals surface area contributed by atoms with Crippen molar-refractivity contribution in [3.63, 3.8) is 0 Å². The summed E-state index contributed by atoms with van der Waals surface area (Å²) in [5.41, 5.74) is 2.64. The largest absolute Gasteiger partial charge is 0.0839 e. The van der Waals surface area contributed by atoms with E-state index in [1.54, 1.807) is 0 Å². The second kappa shape index (κ2) is 7.69. The van der Waals surface area contributed by atoms with E-state index in [0.29, 0.717) is 0 Å². The third kappa shape index (κ3) is 3.60. The van der Waals surface area contributed by atoms with Gasteiger partial charge in [0.1, 0.15) is 0 Å². The first-order valence-electron chi connectivity index (χ1n) is 7.71. The molecule has 0 amide bonds. The van der Waals surface area contributed by atoms with Crippen LogP contribution in [0.15, 0.2) is 48.6 Å². The molecule has 0 bridgehead atoms. The highest BCUT2D eigenvalue weighted by Gasteiger charge is 2.00. The van der Waals surface area contributed by atoms with Crippen LogP contribution in [0.25, 0.3) is 22.9 Å². The molecule has 0 aliphatic carbocycles. The van der Waals surface area contributed by atoms with Gasteiger partial charge in [-0.1, -0.05) is 87.4 Å². The van der Waals surface area contributed by atoms with Gasteiger partial charge < -0.3 is 0 Å². The van der Waals surface area contributed by atoms with Crippen LogP contribution in [0.2, 0.25) is 0 Å². The van der Waals surface area contributed by atoms with Crippen molar-refractivity contribution < 1.29 is 0 Å². The maximum absolute atomic E-state index is 2.27. The summed E-state index contributed by atoms with van der Waals surface area (Å²) in [7, 11) is 0. The predicted octanol–water partition coefficient (Wildman–Crippen LogP) is 6.47. The predicted molar refractivity (Wildman–Crippen MR) is 91.8 cm³/mol. The van der Waals surface area contributed by atoms with E-state index < -0.39 is 0 Å². The first-order valence-corrected chi connectivity index (χ1v) is 7.71. The Hall–Kier alpha value is -1.82. The molecule has 104 valence electrons. The highest BCUT2D eigenvalue weighted by atomic mass is 14.0. The molecule has 0 aliphatic heterocycles. The van der Waals surface area contributed by atoms with E-state index in [9.17, 15) is 0 Å². The number of fused-ring (bicyclic) bond motifs is 1. The topological polar surface area (TPSA) is 0 Å². The molecular formula is C20H24. The summed E-state index contributed by atoms with van der Waals surface area (Å²) in [6, 6.07) is 13.2. The van der Waals surface area contributed by atoms with Gasteiger partial charge in [0, 0.05) is 0 Å². The normalized spacial score (nSPS) is 11.9. The molecule has 0 spiro atoms. The van der Waals surface area contributed by atoms with Gasteiger partial charge in [0.2, 0.25) is 0 Å². The fourth-order valence-corrected chi connectivity index (χ4v) is 2.40. The SMILES string of the molecule is CCCC=Cc1cccc2c(C=CCCC)cccc12. The molecule has 0 heteroatoms. The third-order valence-electron chi connectivity index (χ3n) is 3.50. The number of benzene rings is 2. The highest BCUT2D eigenvalue weighted by Crippen LogP contribution is 2.24. The Morgan fingerprint density at radius 3 is 1.55 bits per heavy atom. The van der Waals surface area contributed by atoms with Gasteiger partial charge in [-0.2, -0.15) is 0 Å². The maximum Gasteiger partial charge on any atom is -0.0106 e. The minimum atomic E-state index is 1.15. The molecular weight excluding hydrogens is 240 g/mol. The first kappa shape index (κ1) is 14.6. The Morgan fingerprint density at radius 2 is 1.15 bits per heavy atom. The van der Waals surface area contributed by atoms with Gasteiger partial charge in [-0.25, -0.2) is 0 Å². The van der Waals surface area contributed by atoms with Crippen molar-refractivity contribution in [1.29, 1.82) is 0 Å². The fraction of sp³-hybridized carbons (Fsp3) is 0.300. The Labute approximate surface area is 122 Å². The molecule has 0 unspecified atom stereocenters. The van der Waals surface area contributed by atoms with Crippen molar-refractivity contribution in [1.82, 2.24) is 0 Å². The Bertz CT molecular complexity index is 547. The molecule has 0 radical (unpaired) electrons. The average molecular weight is 264 g/mol.